The number of benzene rings is 1. The van der Waals surface area contributed by atoms with Crippen LogP contribution in [-0.2, 0) is 0 Å². The van der Waals surface area contributed by atoms with E-state index in [0.29, 0.717) is 5.56 Å². The van der Waals surface area contributed by atoms with Crippen LogP contribution in [0.5, 0.6) is 0 Å². The lowest BCUT2D eigenvalue weighted by Gasteiger charge is -2.35. The molecule has 1 aliphatic rings. The Morgan fingerprint density at radius 2 is 1.95 bits per heavy atom. The van der Waals surface area contributed by atoms with Crippen LogP contribution in [0.25, 0.3) is 0 Å². The average molecular weight is 267 g/mol. The van der Waals surface area contributed by atoms with Crippen molar-refractivity contribution in [3.8, 4) is 0 Å². The molecule has 0 bridgehead atoms. The molecular formula is C16H23F2N. The number of hydrogen-bond donors (Lipinski definition) is 1. The molecule has 0 aliphatic heterocycles. The van der Waals surface area contributed by atoms with Crippen molar-refractivity contribution in [1.82, 2.24) is 5.32 Å². The quantitative estimate of drug-likeness (QED) is 0.823. The minimum Gasteiger partial charge on any atom is -0.309 e. The highest BCUT2D eigenvalue weighted by molar-refractivity contribution is 5.25. The summed E-state index contributed by atoms with van der Waals surface area (Å²) in [6.07, 6.45) is 5.49. The molecule has 0 spiro atoms. The van der Waals surface area contributed by atoms with Gasteiger partial charge in [0.25, 0.3) is 0 Å². The molecule has 0 aromatic heterocycles. The Labute approximate surface area is 114 Å². The second-order valence-corrected chi connectivity index (χ2v) is 5.89. The van der Waals surface area contributed by atoms with E-state index in [2.05, 4.69) is 19.2 Å². The summed E-state index contributed by atoms with van der Waals surface area (Å²) in [7, 11) is 0. The minimum absolute atomic E-state index is 0.0316. The van der Waals surface area contributed by atoms with Crippen LogP contribution in [0.2, 0.25) is 0 Å². The van der Waals surface area contributed by atoms with Crippen LogP contribution in [0.4, 0.5) is 8.78 Å². The molecule has 1 atom stereocenters. The first-order valence-electron chi connectivity index (χ1n) is 7.26. The molecule has 0 saturated heterocycles. The molecule has 2 rings (SSSR count). The van der Waals surface area contributed by atoms with Crippen LogP contribution in [-0.4, -0.2) is 6.54 Å². The van der Waals surface area contributed by atoms with Gasteiger partial charge in [-0.3, -0.25) is 0 Å². The Kier molecular flexibility index (Phi) is 4.56. The maximum atomic E-state index is 14.1. The van der Waals surface area contributed by atoms with Gasteiger partial charge < -0.3 is 5.32 Å². The van der Waals surface area contributed by atoms with E-state index in [1.807, 2.05) is 0 Å². The third kappa shape index (κ3) is 2.97. The van der Waals surface area contributed by atoms with Gasteiger partial charge in [0.2, 0.25) is 0 Å². The molecule has 3 heteroatoms. The smallest absolute Gasteiger partial charge is 0.163 e. The molecule has 1 fully saturated rings. The maximum absolute atomic E-state index is 14.1. The van der Waals surface area contributed by atoms with Gasteiger partial charge in [0.15, 0.2) is 11.6 Å². The molecule has 0 amide bonds. The van der Waals surface area contributed by atoms with E-state index in [1.165, 1.54) is 18.9 Å². The van der Waals surface area contributed by atoms with Crippen LogP contribution < -0.4 is 5.32 Å². The van der Waals surface area contributed by atoms with Gasteiger partial charge in [-0.25, -0.2) is 8.78 Å². The highest BCUT2D eigenvalue weighted by Crippen LogP contribution is 2.47. The number of hydrogen-bond acceptors (Lipinski definition) is 1. The highest BCUT2D eigenvalue weighted by Gasteiger charge is 2.38. The van der Waals surface area contributed by atoms with Crippen LogP contribution >= 0.6 is 0 Å². The number of nitrogens with one attached hydrogen (secondary N) is 1. The van der Waals surface area contributed by atoms with Crippen molar-refractivity contribution in [2.24, 2.45) is 5.41 Å². The van der Waals surface area contributed by atoms with Crippen LogP contribution in [0, 0.1) is 17.0 Å². The van der Waals surface area contributed by atoms with E-state index in [0.717, 1.165) is 25.8 Å². The zero-order valence-electron chi connectivity index (χ0n) is 11.8. The molecule has 106 valence electrons. The molecule has 1 aliphatic carbocycles. The molecule has 19 heavy (non-hydrogen) atoms. The van der Waals surface area contributed by atoms with E-state index in [9.17, 15) is 8.78 Å². The molecule has 1 aromatic carbocycles. The molecule has 1 saturated carbocycles. The summed E-state index contributed by atoms with van der Waals surface area (Å²) in [5, 5.41) is 3.43. The van der Waals surface area contributed by atoms with E-state index < -0.39 is 11.6 Å². The van der Waals surface area contributed by atoms with Crippen molar-refractivity contribution >= 4 is 0 Å². The summed E-state index contributed by atoms with van der Waals surface area (Å²) < 4.78 is 27.6. The third-order valence-electron chi connectivity index (χ3n) is 4.33. The van der Waals surface area contributed by atoms with Crippen LogP contribution in [0.1, 0.15) is 57.6 Å². The van der Waals surface area contributed by atoms with Gasteiger partial charge in [0, 0.05) is 11.6 Å². The van der Waals surface area contributed by atoms with Gasteiger partial charge in [-0.2, -0.15) is 0 Å². The Morgan fingerprint density at radius 3 is 2.58 bits per heavy atom. The molecular weight excluding hydrogens is 244 g/mol. The SMILES string of the molecule is CCCNC(c1cccc(F)c1F)C1(C)CCCC1. The minimum atomic E-state index is -0.748. The van der Waals surface area contributed by atoms with Gasteiger partial charge in [-0.05, 0) is 37.3 Å². The number of halogens is 2. The molecule has 1 nitrogen and oxygen atoms in total. The van der Waals surface area contributed by atoms with Crippen molar-refractivity contribution in [1.29, 1.82) is 0 Å². The van der Waals surface area contributed by atoms with E-state index in [4.69, 9.17) is 0 Å². The van der Waals surface area contributed by atoms with E-state index in [1.54, 1.807) is 12.1 Å². The second kappa shape index (κ2) is 6.00. The monoisotopic (exact) mass is 267 g/mol. The predicted octanol–water partition coefficient (Wildman–Crippen LogP) is 4.59. The van der Waals surface area contributed by atoms with Crippen molar-refractivity contribution in [3.63, 3.8) is 0 Å². The zero-order valence-corrected chi connectivity index (χ0v) is 11.8. The summed E-state index contributed by atoms with van der Waals surface area (Å²) in [6, 6.07) is 4.42. The molecule has 1 N–H and O–H groups in total. The van der Waals surface area contributed by atoms with Crippen LogP contribution in [0.3, 0.4) is 0 Å². The first-order valence-corrected chi connectivity index (χ1v) is 7.26. The van der Waals surface area contributed by atoms with Gasteiger partial charge >= 0.3 is 0 Å². The lowest BCUT2D eigenvalue weighted by molar-refractivity contribution is 0.217. The fourth-order valence-corrected chi connectivity index (χ4v) is 3.24. The predicted molar refractivity (Wildman–Crippen MR) is 74.0 cm³/mol. The maximum Gasteiger partial charge on any atom is 0.163 e. The van der Waals surface area contributed by atoms with Gasteiger partial charge in [-0.1, -0.05) is 38.8 Å². The summed E-state index contributed by atoms with van der Waals surface area (Å²) in [5.41, 5.74) is 0.516. The fraction of sp³-hybridized carbons (Fsp3) is 0.625. The number of rotatable bonds is 5. The fourth-order valence-electron chi connectivity index (χ4n) is 3.24. The lowest BCUT2D eigenvalue weighted by atomic mass is 9.77. The van der Waals surface area contributed by atoms with Gasteiger partial charge in [0.1, 0.15) is 0 Å². The first-order chi connectivity index (χ1) is 9.08. The first kappa shape index (κ1) is 14.4. The summed E-state index contributed by atoms with van der Waals surface area (Å²) >= 11 is 0. The Hall–Kier alpha value is -0.960. The van der Waals surface area contributed by atoms with Gasteiger partial charge in [0.05, 0.1) is 0 Å². The molecule has 0 heterocycles. The molecule has 1 unspecified atom stereocenters. The lowest BCUT2D eigenvalue weighted by Crippen LogP contribution is -2.35. The van der Waals surface area contributed by atoms with Crippen molar-refractivity contribution in [2.75, 3.05) is 6.54 Å². The summed E-state index contributed by atoms with van der Waals surface area (Å²) in [5.74, 6) is -1.44. The average Bonchev–Trinajstić information content (AvgIpc) is 2.82. The Balaban J connectivity index is 2.34. The third-order valence-corrected chi connectivity index (χ3v) is 4.33. The second-order valence-electron chi connectivity index (χ2n) is 5.89. The zero-order chi connectivity index (χ0) is 13.9. The van der Waals surface area contributed by atoms with E-state index >= 15 is 0 Å². The topological polar surface area (TPSA) is 12.0 Å². The summed E-state index contributed by atoms with van der Waals surface area (Å²) in [4.78, 5) is 0. The largest absolute Gasteiger partial charge is 0.309 e. The standard InChI is InChI=1S/C16H23F2N/c1-3-11-19-15(16(2)9-4-5-10-16)12-7-6-8-13(17)14(12)18/h6-8,15,19H,3-5,9-11H2,1-2H3. The normalized spacial score (nSPS) is 19.6. The summed E-state index contributed by atoms with van der Waals surface area (Å²) in [6.45, 7) is 5.11. The van der Waals surface area contributed by atoms with Crippen LogP contribution in [0.15, 0.2) is 18.2 Å². The van der Waals surface area contributed by atoms with E-state index in [-0.39, 0.29) is 11.5 Å². The Morgan fingerprint density at radius 1 is 1.26 bits per heavy atom. The highest BCUT2D eigenvalue weighted by atomic mass is 19.2. The Bertz CT molecular complexity index is 425. The molecule has 0 radical (unpaired) electrons. The van der Waals surface area contributed by atoms with Crippen molar-refractivity contribution in [2.45, 2.75) is 52.0 Å². The van der Waals surface area contributed by atoms with Gasteiger partial charge in [-0.15, -0.1) is 0 Å². The van der Waals surface area contributed by atoms with Crippen molar-refractivity contribution < 1.29 is 8.78 Å². The molecule has 1 aromatic rings. The van der Waals surface area contributed by atoms with Crippen molar-refractivity contribution in [3.05, 3.63) is 35.4 Å².